The van der Waals surface area contributed by atoms with Gasteiger partial charge in [0.1, 0.15) is 0 Å². The molecule has 2 rings (SSSR count). The van der Waals surface area contributed by atoms with E-state index in [1.165, 1.54) is 58.2 Å². The van der Waals surface area contributed by atoms with Crippen LogP contribution in [0.3, 0.4) is 0 Å². The Morgan fingerprint density at radius 1 is 1.24 bits per heavy atom. The zero-order chi connectivity index (χ0) is 12.3. The minimum atomic E-state index is 0.562. The molecule has 100 valence electrons. The van der Waals surface area contributed by atoms with Gasteiger partial charge in [-0.1, -0.05) is 20.3 Å². The Morgan fingerprint density at radius 3 is 2.59 bits per heavy atom. The van der Waals surface area contributed by atoms with Gasteiger partial charge in [0, 0.05) is 18.6 Å². The van der Waals surface area contributed by atoms with Crippen LogP contribution in [0.2, 0.25) is 0 Å². The Balaban J connectivity index is 1.70. The molecule has 1 saturated heterocycles. The summed E-state index contributed by atoms with van der Waals surface area (Å²) in [6.45, 7) is 11.0. The monoisotopic (exact) mass is 238 g/mol. The summed E-state index contributed by atoms with van der Waals surface area (Å²) in [5.41, 5.74) is 0.562. The third-order valence-corrected chi connectivity index (χ3v) is 4.67. The Hall–Kier alpha value is -0.0800. The van der Waals surface area contributed by atoms with Crippen LogP contribution in [0.4, 0.5) is 0 Å². The lowest BCUT2D eigenvalue weighted by atomic mass is 9.75. The van der Waals surface area contributed by atoms with Crippen LogP contribution in [0, 0.1) is 5.41 Å². The minimum Gasteiger partial charge on any atom is -0.312 e. The number of nitrogens with zero attached hydrogens (tertiary/aromatic N) is 1. The van der Waals surface area contributed by atoms with Gasteiger partial charge in [0.05, 0.1) is 0 Å². The van der Waals surface area contributed by atoms with Crippen molar-refractivity contribution in [3.05, 3.63) is 0 Å². The molecule has 0 aromatic heterocycles. The quantitative estimate of drug-likeness (QED) is 0.810. The third-order valence-electron chi connectivity index (χ3n) is 4.67. The number of rotatable bonds is 4. The van der Waals surface area contributed by atoms with E-state index in [1.54, 1.807) is 0 Å². The molecule has 1 aliphatic heterocycles. The van der Waals surface area contributed by atoms with Gasteiger partial charge in [-0.3, -0.25) is 4.90 Å². The predicted molar refractivity (Wildman–Crippen MR) is 74.3 cm³/mol. The molecule has 0 radical (unpaired) electrons. The lowest BCUT2D eigenvalue weighted by molar-refractivity contribution is 0.182. The molecule has 2 nitrogen and oxygen atoms in total. The fourth-order valence-electron chi connectivity index (χ4n) is 3.52. The smallest absolute Gasteiger partial charge is 0.0192 e. The second kappa shape index (κ2) is 5.71. The molecule has 2 fully saturated rings. The van der Waals surface area contributed by atoms with Crippen LogP contribution in [-0.2, 0) is 0 Å². The Bertz CT molecular complexity index is 231. The SMILES string of the molecule is CC(CNC1CCCC(C)(C)C1)N1CCCC1. The first-order valence-corrected chi connectivity index (χ1v) is 7.54. The average Bonchev–Trinajstić information content (AvgIpc) is 2.78. The molecule has 2 heteroatoms. The van der Waals surface area contributed by atoms with E-state index in [0.717, 1.165) is 12.1 Å². The summed E-state index contributed by atoms with van der Waals surface area (Å²) < 4.78 is 0. The molecule has 2 unspecified atom stereocenters. The predicted octanol–water partition coefficient (Wildman–Crippen LogP) is 3.03. The highest BCUT2D eigenvalue weighted by Crippen LogP contribution is 2.35. The van der Waals surface area contributed by atoms with Gasteiger partial charge < -0.3 is 5.32 Å². The van der Waals surface area contributed by atoms with Gasteiger partial charge in [0.15, 0.2) is 0 Å². The highest BCUT2D eigenvalue weighted by molar-refractivity contribution is 4.85. The average molecular weight is 238 g/mol. The van der Waals surface area contributed by atoms with Crippen LogP contribution in [-0.4, -0.2) is 36.6 Å². The Kier molecular flexibility index (Phi) is 4.48. The number of hydrogen-bond donors (Lipinski definition) is 1. The molecular formula is C15H30N2. The molecule has 17 heavy (non-hydrogen) atoms. The molecule has 0 aromatic carbocycles. The van der Waals surface area contributed by atoms with Crippen LogP contribution in [0.5, 0.6) is 0 Å². The molecule has 2 aliphatic rings. The first-order valence-electron chi connectivity index (χ1n) is 7.54. The maximum absolute atomic E-state index is 3.81. The topological polar surface area (TPSA) is 15.3 Å². The van der Waals surface area contributed by atoms with Gasteiger partial charge in [0.25, 0.3) is 0 Å². The fourth-order valence-corrected chi connectivity index (χ4v) is 3.52. The van der Waals surface area contributed by atoms with E-state index in [1.807, 2.05) is 0 Å². The second-order valence-electron chi connectivity index (χ2n) is 6.96. The van der Waals surface area contributed by atoms with E-state index in [0.29, 0.717) is 5.41 Å². The number of nitrogens with one attached hydrogen (secondary N) is 1. The van der Waals surface area contributed by atoms with E-state index in [-0.39, 0.29) is 0 Å². The maximum Gasteiger partial charge on any atom is 0.0192 e. The Labute approximate surface area is 107 Å². The fraction of sp³-hybridized carbons (Fsp3) is 1.00. The summed E-state index contributed by atoms with van der Waals surface area (Å²) in [4.78, 5) is 2.64. The lowest BCUT2D eigenvalue weighted by Gasteiger charge is -2.36. The highest BCUT2D eigenvalue weighted by Gasteiger charge is 2.28. The van der Waals surface area contributed by atoms with E-state index in [2.05, 4.69) is 31.0 Å². The zero-order valence-corrected chi connectivity index (χ0v) is 12.0. The van der Waals surface area contributed by atoms with Crippen molar-refractivity contribution in [3.8, 4) is 0 Å². The van der Waals surface area contributed by atoms with Crippen molar-refractivity contribution in [1.29, 1.82) is 0 Å². The van der Waals surface area contributed by atoms with Crippen LogP contribution < -0.4 is 5.32 Å². The molecule has 1 N–H and O–H groups in total. The first-order chi connectivity index (χ1) is 8.07. The van der Waals surface area contributed by atoms with Crippen LogP contribution in [0.15, 0.2) is 0 Å². The molecule has 0 spiro atoms. The maximum atomic E-state index is 3.81. The molecule has 1 aliphatic carbocycles. The van der Waals surface area contributed by atoms with E-state index >= 15 is 0 Å². The van der Waals surface area contributed by atoms with E-state index in [4.69, 9.17) is 0 Å². The van der Waals surface area contributed by atoms with E-state index < -0.39 is 0 Å². The number of hydrogen-bond acceptors (Lipinski definition) is 2. The zero-order valence-electron chi connectivity index (χ0n) is 12.0. The van der Waals surface area contributed by atoms with E-state index in [9.17, 15) is 0 Å². The molecule has 1 saturated carbocycles. The molecule has 0 aromatic rings. The first kappa shape index (κ1) is 13.4. The van der Waals surface area contributed by atoms with Crippen molar-refractivity contribution in [1.82, 2.24) is 10.2 Å². The molecule has 0 bridgehead atoms. The summed E-state index contributed by atoms with van der Waals surface area (Å²) in [7, 11) is 0. The third kappa shape index (κ3) is 3.96. The highest BCUT2D eigenvalue weighted by atomic mass is 15.2. The van der Waals surface area contributed by atoms with Gasteiger partial charge in [-0.2, -0.15) is 0 Å². The summed E-state index contributed by atoms with van der Waals surface area (Å²) in [5, 5.41) is 3.81. The van der Waals surface area contributed by atoms with Gasteiger partial charge in [-0.15, -0.1) is 0 Å². The molecule has 1 heterocycles. The number of likely N-dealkylation sites (tertiary alicyclic amines) is 1. The van der Waals surface area contributed by atoms with Crippen molar-refractivity contribution in [2.24, 2.45) is 5.41 Å². The van der Waals surface area contributed by atoms with Crippen molar-refractivity contribution in [2.75, 3.05) is 19.6 Å². The summed E-state index contributed by atoms with van der Waals surface area (Å²) >= 11 is 0. The largest absolute Gasteiger partial charge is 0.312 e. The second-order valence-corrected chi connectivity index (χ2v) is 6.96. The lowest BCUT2D eigenvalue weighted by Crippen LogP contribution is -2.44. The molecular weight excluding hydrogens is 208 g/mol. The van der Waals surface area contributed by atoms with Crippen LogP contribution >= 0.6 is 0 Å². The van der Waals surface area contributed by atoms with Gasteiger partial charge in [-0.05, 0) is 57.5 Å². The van der Waals surface area contributed by atoms with Gasteiger partial charge >= 0.3 is 0 Å². The minimum absolute atomic E-state index is 0.562. The van der Waals surface area contributed by atoms with Crippen LogP contribution in [0.25, 0.3) is 0 Å². The summed E-state index contributed by atoms with van der Waals surface area (Å²) in [6, 6.07) is 1.49. The standard InChI is InChI=1S/C15H30N2/c1-13(17-9-4-5-10-17)12-16-14-7-6-8-15(2,3)11-14/h13-14,16H,4-12H2,1-3H3. The van der Waals surface area contributed by atoms with Crippen molar-refractivity contribution in [2.45, 2.75) is 71.4 Å². The Morgan fingerprint density at radius 2 is 1.94 bits per heavy atom. The molecule has 2 atom stereocenters. The van der Waals surface area contributed by atoms with Gasteiger partial charge in [-0.25, -0.2) is 0 Å². The van der Waals surface area contributed by atoms with Gasteiger partial charge in [0.2, 0.25) is 0 Å². The van der Waals surface area contributed by atoms with Crippen molar-refractivity contribution in [3.63, 3.8) is 0 Å². The summed E-state index contributed by atoms with van der Waals surface area (Å²) in [5.74, 6) is 0. The normalized spacial score (nSPS) is 31.6. The van der Waals surface area contributed by atoms with Crippen molar-refractivity contribution < 1.29 is 0 Å². The van der Waals surface area contributed by atoms with Crippen LogP contribution in [0.1, 0.15) is 59.3 Å². The van der Waals surface area contributed by atoms with Crippen molar-refractivity contribution >= 4 is 0 Å². The summed E-state index contributed by atoms with van der Waals surface area (Å²) in [6.07, 6.45) is 8.37. The molecule has 0 amide bonds.